The molecule has 1 N–H and O–H groups in total. The van der Waals surface area contributed by atoms with Crippen LogP contribution in [0.5, 0.6) is 0 Å². The molecule has 0 radical (unpaired) electrons. The van der Waals surface area contributed by atoms with E-state index in [2.05, 4.69) is 0 Å². The van der Waals surface area contributed by atoms with Gasteiger partial charge in [0.05, 0.1) is 11.8 Å². The molecule has 0 aromatic heterocycles. The third kappa shape index (κ3) is 3.78. The predicted octanol–water partition coefficient (Wildman–Crippen LogP) is 2.87. The van der Waals surface area contributed by atoms with Gasteiger partial charge in [0.25, 0.3) is 0 Å². The minimum Gasteiger partial charge on any atom is -0.462 e. The van der Waals surface area contributed by atoms with Crippen molar-refractivity contribution in [3.05, 3.63) is 0 Å². The maximum Gasteiger partial charge on any atom is 0.321 e. The molecule has 4 aliphatic rings. The Balaban J connectivity index is 1.52. The fourth-order valence-electron chi connectivity index (χ4n) is 6.24. The Bertz CT molecular complexity index is 786. The van der Waals surface area contributed by atoms with Crippen molar-refractivity contribution in [2.45, 2.75) is 93.6 Å². The smallest absolute Gasteiger partial charge is 0.321 e. The molecule has 0 spiro atoms. The van der Waals surface area contributed by atoms with Crippen molar-refractivity contribution < 1.29 is 33.8 Å². The molecule has 174 valence electrons. The summed E-state index contributed by atoms with van der Waals surface area (Å²) in [5.41, 5.74) is -1.11. The number of piperidine rings is 1. The van der Waals surface area contributed by atoms with Gasteiger partial charge in [-0.15, -0.1) is 0 Å². The van der Waals surface area contributed by atoms with Gasteiger partial charge in [-0.2, -0.15) is 5.06 Å². The van der Waals surface area contributed by atoms with E-state index in [0.29, 0.717) is 19.3 Å². The first-order valence-electron chi connectivity index (χ1n) is 10.9. The van der Waals surface area contributed by atoms with E-state index in [-0.39, 0.29) is 23.9 Å². The van der Waals surface area contributed by atoms with Gasteiger partial charge in [-0.3, -0.25) is 14.4 Å². The van der Waals surface area contributed by atoms with Gasteiger partial charge in [0.15, 0.2) is 0 Å². The van der Waals surface area contributed by atoms with E-state index in [1.807, 2.05) is 50.3 Å². The summed E-state index contributed by atoms with van der Waals surface area (Å²) >= 11 is 2.02. The molecule has 0 aromatic carbocycles. The number of carbonyl (C=O) groups is 3. The van der Waals surface area contributed by atoms with Crippen LogP contribution >= 0.6 is 22.6 Å². The highest BCUT2D eigenvalue weighted by Crippen LogP contribution is 2.59. The lowest BCUT2D eigenvalue weighted by molar-refractivity contribution is -0.260. The van der Waals surface area contributed by atoms with E-state index >= 15 is 0 Å². The number of hydrogen-bond donors (Lipinski definition) is 1. The van der Waals surface area contributed by atoms with Crippen LogP contribution in [0.25, 0.3) is 0 Å². The van der Waals surface area contributed by atoms with Crippen LogP contribution in [0.15, 0.2) is 0 Å². The fraction of sp³-hybridized carbons (Fsp3) is 0.864. The number of alkyl halides is 1. The van der Waals surface area contributed by atoms with Crippen LogP contribution < -0.4 is 0 Å². The van der Waals surface area contributed by atoms with Crippen molar-refractivity contribution in [2.75, 3.05) is 0 Å². The average Bonchev–Trinajstić information content (AvgIpc) is 3.21. The Morgan fingerprint density at radius 2 is 1.71 bits per heavy atom. The first-order chi connectivity index (χ1) is 14.1. The number of esters is 3. The quantitative estimate of drug-likeness (QED) is 0.247. The zero-order valence-electron chi connectivity index (χ0n) is 18.9. The lowest BCUT2D eigenvalue weighted by Gasteiger charge is -2.51. The molecular formula is C22H32INO7. The first-order valence-corrected chi connectivity index (χ1v) is 12.0. The van der Waals surface area contributed by atoms with Crippen molar-refractivity contribution in [1.29, 1.82) is 0 Å². The molecule has 6 atom stereocenters. The molecule has 9 heteroatoms. The number of hydroxylamine groups is 2. The number of rotatable bonds is 4. The summed E-state index contributed by atoms with van der Waals surface area (Å²) in [4.78, 5) is 38.4. The molecule has 4 fully saturated rings. The molecule has 6 unspecified atom stereocenters. The molecule has 2 aliphatic carbocycles. The molecule has 2 aliphatic heterocycles. The van der Waals surface area contributed by atoms with E-state index < -0.39 is 50.5 Å². The molecule has 2 heterocycles. The van der Waals surface area contributed by atoms with Crippen LogP contribution in [0, 0.1) is 23.7 Å². The van der Waals surface area contributed by atoms with Crippen molar-refractivity contribution in [1.82, 2.24) is 5.06 Å². The summed E-state index contributed by atoms with van der Waals surface area (Å²) in [7, 11) is 0. The van der Waals surface area contributed by atoms with Crippen LogP contribution in [-0.4, -0.2) is 61.0 Å². The second-order valence-corrected chi connectivity index (χ2v) is 14.0. The van der Waals surface area contributed by atoms with Crippen molar-refractivity contribution >= 4 is 40.5 Å². The highest BCUT2D eigenvalue weighted by Gasteiger charge is 2.70. The maximum atomic E-state index is 13.3. The van der Waals surface area contributed by atoms with Gasteiger partial charge < -0.3 is 19.4 Å². The first kappa shape index (κ1) is 23.2. The summed E-state index contributed by atoms with van der Waals surface area (Å²) in [5, 5.41) is 11.8. The van der Waals surface area contributed by atoms with E-state index in [0.717, 1.165) is 0 Å². The molecule has 0 aromatic rings. The van der Waals surface area contributed by atoms with E-state index in [9.17, 15) is 19.6 Å². The molecule has 4 rings (SSSR count). The fourth-order valence-corrected chi connectivity index (χ4v) is 6.36. The van der Waals surface area contributed by atoms with Crippen LogP contribution in [0.2, 0.25) is 0 Å². The normalized spacial score (nSPS) is 38.8. The minimum absolute atomic E-state index is 0.114. The van der Waals surface area contributed by atoms with Crippen LogP contribution in [0.4, 0.5) is 0 Å². The summed E-state index contributed by atoms with van der Waals surface area (Å²) in [5.74, 6) is -2.77. The molecule has 2 bridgehead atoms. The van der Waals surface area contributed by atoms with Crippen molar-refractivity contribution in [3.63, 3.8) is 0 Å². The molecular weight excluding hydrogens is 517 g/mol. The number of nitrogens with zero attached hydrogens (tertiary/aromatic N) is 1. The van der Waals surface area contributed by atoms with E-state index in [1.54, 1.807) is 13.8 Å². The van der Waals surface area contributed by atoms with Gasteiger partial charge in [-0.25, -0.2) is 0 Å². The lowest BCUT2D eigenvalue weighted by Crippen LogP contribution is -2.61. The van der Waals surface area contributed by atoms with Crippen molar-refractivity contribution in [2.24, 2.45) is 23.7 Å². The van der Waals surface area contributed by atoms with Crippen LogP contribution in [-0.2, 0) is 28.6 Å². The average molecular weight is 549 g/mol. The van der Waals surface area contributed by atoms with Gasteiger partial charge in [0.2, 0.25) is 0 Å². The second kappa shape index (κ2) is 7.28. The van der Waals surface area contributed by atoms with Gasteiger partial charge in [-0.05, 0) is 48.0 Å². The highest BCUT2D eigenvalue weighted by atomic mass is 127. The Hall–Kier alpha value is -0.940. The number of fused-ring (bicyclic) bond motifs is 1. The van der Waals surface area contributed by atoms with Crippen molar-refractivity contribution in [3.8, 4) is 0 Å². The zero-order chi connectivity index (χ0) is 23.1. The summed E-state index contributed by atoms with van der Waals surface area (Å²) in [6.07, 6.45) is 0.135. The third-order valence-corrected chi connectivity index (χ3v) is 7.87. The summed E-state index contributed by atoms with van der Waals surface area (Å²) < 4.78 is 16.5. The maximum absolute atomic E-state index is 13.3. The lowest BCUT2D eigenvalue weighted by atomic mass is 9.77. The molecule has 2 saturated carbocycles. The Morgan fingerprint density at radius 1 is 1.13 bits per heavy atom. The van der Waals surface area contributed by atoms with Gasteiger partial charge >= 0.3 is 17.9 Å². The highest BCUT2D eigenvalue weighted by molar-refractivity contribution is 14.1. The number of halogens is 1. The molecule has 0 amide bonds. The Kier molecular flexibility index (Phi) is 5.45. The molecule has 8 nitrogen and oxygen atoms in total. The van der Waals surface area contributed by atoms with Crippen LogP contribution in [0.3, 0.4) is 0 Å². The zero-order valence-corrected chi connectivity index (χ0v) is 21.0. The Labute approximate surface area is 196 Å². The third-order valence-electron chi connectivity index (χ3n) is 7.43. The standard InChI is InChI=1S/C22H32INO7/c1-20(2)8-10(9-21(3,4)24(20)28)29-17(25)13-12-7-11-14(13)18(26)30-15(11)16(12)31-19(27)22(5,6)23/h10-16,28H,7-9H2,1-6H3. The topological polar surface area (TPSA) is 102 Å². The SMILES string of the molecule is CC(C)(I)C(=O)OC1C2CC3C1OC(=O)C3C2C(=O)OC1CC(C)(C)N(O)C(C)(C)C1. The number of hydrogen-bond acceptors (Lipinski definition) is 8. The Morgan fingerprint density at radius 3 is 2.26 bits per heavy atom. The van der Waals surface area contributed by atoms with E-state index in [4.69, 9.17) is 14.2 Å². The largest absolute Gasteiger partial charge is 0.462 e. The van der Waals surface area contributed by atoms with Gasteiger partial charge in [-0.1, -0.05) is 22.6 Å². The minimum atomic E-state index is -0.715. The molecule has 2 saturated heterocycles. The number of ether oxygens (including phenoxy) is 3. The van der Waals surface area contributed by atoms with Gasteiger partial charge in [0.1, 0.15) is 21.7 Å². The monoisotopic (exact) mass is 549 g/mol. The summed E-state index contributed by atoms with van der Waals surface area (Å²) in [6, 6.07) is 0. The van der Waals surface area contributed by atoms with Crippen LogP contribution in [0.1, 0.15) is 60.8 Å². The second-order valence-electron chi connectivity index (χ2n) is 11.3. The van der Waals surface area contributed by atoms with Gasteiger partial charge in [0, 0.05) is 35.8 Å². The summed E-state index contributed by atoms with van der Waals surface area (Å²) in [6.45, 7) is 11.2. The molecule has 31 heavy (non-hydrogen) atoms. The van der Waals surface area contributed by atoms with E-state index in [1.165, 1.54) is 5.06 Å². The predicted molar refractivity (Wildman–Crippen MR) is 117 cm³/mol. The number of carbonyl (C=O) groups excluding carboxylic acids is 3.